The molecule has 0 saturated heterocycles. The van der Waals surface area contributed by atoms with Gasteiger partial charge in [-0.15, -0.1) is 0 Å². The second-order valence-electron chi connectivity index (χ2n) is 4.64. The molecule has 7 heteroatoms. The van der Waals surface area contributed by atoms with Crippen molar-refractivity contribution in [2.45, 2.75) is 11.4 Å². The van der Waals surface area contributed by atoms with E-state index in [1.165, 1.54) is 30.5 Å². The summed E-state index contributed by atoms with van der Waals surface area (Å²) in [6.07, 6.45) is 2.54. The maximum atomic E-state index is 12.0. The van der Waals surface area contributed by atoms with Gasteiger partial charge in [-0.1, -0.05) is 12.1 Å². The number of amides is 1. The lowest BCUT2D eigenvalue weighted by Gasteiger charge is -2.06. The summed E-state index contributed by atoms with van der Waals surface area (Å²) >= 11 is 0. The Morgan fingerprint density at radius 2 is 1.95 bits per heavy atom. The Labute approximate surface area is 128 Å². The number of nitriles is 1. The third-order valence-corrected chi connectivity index (χ3v) is 4.07. The fourth-order valence-corrected chi connectivity index (χ4v) is 2.40. The molecule has 112 valence electrons. The van der Waals surface area contributed by atoms with Gasteiger partial charge in [-0.3, -0.25) is 4.79 Å². The van der Waals surface area contributed by atoms with E-state index in [-0.39, 0.29) is 23.0 Å². The van der Waals surface area contributed by atoms with Crippen molar-refractivity contribution >= 4 is 15.7 Å². The minimum absolute atomic E-state index is 0.171. The van der Waals surface area contributed by atoms with Gasteiger partial charge in [0.15, 0.2) is 9.84 Å². The lowest BCUT2D eigenvalue weighted by Crippen LogP contribution is -2.22. The summed E-state index contributed by atoms with van der Waals surface area (Å²) < 4.78 is 22.7. The fraction of sp³-hybridized carbons (Fsp3) is 0.133. The van der Waals surface area contributed by atoms with Gasteiger partial charge in [0.25, 0.3) is 5.91 Å². The molecule has 0 aliphatic carbocycles. The van der Waals surface area contributed by atoms with Crippen molar-refractivity contribution < 1.29 is 13.2 Å². The van der Waals surface area contributed by atoms with Gasteiger partial charge in [-0.25, -0.2) is 13.4 Å². The molecule has 1 N–H and O–H groups in total. The van der Waals surface area contributed by atoms with Crippen molar-refractivity contribution in [2.24, 2.45) is 0 Å². The van der Waals surface area contributed by atoms with E-state index in [1.54, 1.807) is 12.1 Å². The number of aromatic nitrogens is 1. The topological polar surface area (TPSA) is 99.9 Å². The Balaban J connectivity index is 2.03. The van der Waals surface area contributed by atoms with E-state index < -0.39 is 9.84 Å². The van der Waals surface area contributed by atoms with Crippen LogP contribution in [0.25, 0.3) is 0 Å². The molecule has 1 aromatic heterocycles. The van der Waals surface area contributed by atoms with Crippen LogP contribution in [0, 0.1) is 11.3 Å². The number of carbonyl (C=O) groups is 1. The highest BCUT2D eigenvalue weighted by Crippen LogP contribution is 2.10. The van der Waals surface area contributed by atoms with Gasteiger partial charge >= 0.3 is 0 Å². The molecule has 0 saturated carbocycles. The average molecular weight is 315 g/mol. The Bertz CT molecular complexity index is 837. The summed E-state index contributed by atoms with van der Waals surface area (Å²) in [6.45, 7) is 0.257. The van der Waals surface area contributed by atoms with E-state index in [0.29, 0.717) is 5.56 Å². The van der Waals surface area contributed by atoms with Gasteiger partial charge in [0.1, 0.15) is 11.8 Å². The molecular weight excluding hydrogens is 302 g/mol. The van der Waals surface area contributed by atoms with Crippen LogP contribution in [0.15, 0.2) is 47.5 Å². The largest absolute Gasteiger partial charge is 0.348 e. The first-order chi connectivity index (χ1) is 10.4. The molecular formula is C15H13N3O3S. The third kappa shape index (κ3) is 3.90. The summed E-state index contributed by atoms with van der Waals surface area (Å²) in [5.41, 5.74) is 1.29. The van der Waals surface area contributed by atoms with Crippen molar-refractivity contribution in [3.05, 3.63) is 59.4 Å². The summed E-state index contributed by atoms with van der Waals surface area (Å²) in [6, 6.07) is 11.1. The molecule has 0 radical (unpaired) electrons. The lowest BCUT2D eigenvalue weighted by atomic mass is 10.2. The molecule has 0 aliphatic heterocycles. The molecule has 22 heavy (non-hydrogen) atoms. The molecule has 1 heterocycles. The number of hydrogen-bond acceptors (Lipinski definition) is 5. The van der Waals surface area contributed by atoms with Crippen LogP contribution < -0.4 is 5.32 Å². The van der Waals surface area contributed by atoms with Gasteiger partial charge < -0.3 is 5.32 Å². The molecule has 2 rings (SSSR count). The molecule has 0 spiro atoms. The number of rotatable bonds is 4. The number of sulfone groups is 1. The predicted octanol–water partition coefficient (Wildman–Crippen LogP) is 1.29. The Kier molecular flexibility index (Phi) is 4.53. The van der Waals surface area contributed by atoms with Crippen molar-refractivity contribution in [1.82, 2.24) is 10.3 Å². The zero-order chi connectivity index (χ0) is 16.2. The first kappa shape index (κ1) is 15.7. The standard InChI is InChI=1S/C15H13N3O3S/c1-22(20,21)14-4-2-11(3-5-14)10-18-15(19)12-6-7-17-13(8-12)9-16/h2-8H,10H2,1H3,(H,18,19). The highest BCUT2D eigenvalue weighted by atomic mass is 32.2. The number of hydrogen-bond donors (Lipinski definition) is 1. The first-order valence-electron chi connectivity index (χ1n) is 6.33. The maximum Gasteiger partial charge on any atom is 0.251 e. The number of carbonyl (C=O) groups excluding carboxylic acids is 1. The van der Waals surface area contributed by atoms with Gasteiger partial charge in [0, 0.05) is 24.6 Å². The molecule has 1 amide bonds. The van der Waals surface area contributed by atoms with Crippen molar-refractivity contribution in [1.29, 1.82) is 5.26 Å². The number of pyridine rings is 1. The van der Waals surface area contributed by atoms with Crippen LogP contribution in [0.5, 0.6) is 0 Å². The average Bonchev–Trinajstić information content (AvgIpc) is 2.52. The van der Waals surface area contributed by atoms with Crippen LogP contribution in [0.3, 0.4) is 0 Å². The Morgan fingerprint density at radius 1 is 1.27 bits per heavy atom. The number of benzene rings is 1. The Hall–Kier alpha value is -2.72. The summed E-state index contributed by atoms with van der Waals surface area (Å²) in [4.78, 5) is 16.0. The van der Waals surface area contributed by atoms with E-state index in [2.05, 4.69) is 10.3 Å². The van der Waals surface area contributed by atoms with Gasteiger partial charge in [0.05, 0.1) is 4.90 Å². The summed E-state index contributed by atoms with van der Waals surface area (Å²) in [5.74, 6) is -0.328. The molecule has 2 aromatic rings. The van der Waals surface area contributed by atoms with E-state index in [4.69, 9.17) is 5.26 Å². The maximum absolute atomic E-state index is 12.0. The third-order valence-electron chi connectivity index (χ3n) is 2.94. The first-order valence-corrected chi connectivity index (χ1v) is 8.22. The fourth-order valence-electron chi connectivity index (χ4n) is 1.77. The molecule has 0 fully saturated rings. The number of nitrogens with zero attached hydrogens (tertiary/aromatic N) is 2. The molecule has 6 nitrogen and oxygen atoms in total. The molecule has 0 aliphatic rings. The van der Waals surface area contributed by atoms with Gasteiger partial charge in [-0.05, 0) is 29.8 Å². The second-order valence-corrected chi connectivity index (χ2v) is 6.66. The quantitative estimate of drug-likeness (QED) is 0.916. The van der Waals surface area contributed by atoms with Gasteiger partial charge in [-0.2, -0.15) is 5.26 Å². The van der Waals surface area contributed by atoms with Crippen LogP contribution in [-0.2, 0) is 16.4 Å². The monoisotopic (exact) mass is 315 g/mol. The lowest BCUT2D eigenvalue weighted by molar-refractivity contribution is 0.0950. The second kappa shape index (κ2) is 6.37. The minimum atomic E-state index is -3.23. The van der Waals surface area contributed by atoms with Crippen LogP contribution in [0.2, 0.25) is 0 Å². The smallest absolute Gasteiger partial charge is 0.251 e. The summed E-state index contributed by atoms with van der Waals surface area (Å²) in [7, 11) is -3.23. The van der Waals surface area contributed by atoms with Crippen LogP contribution in [-0.4, -0.2) is 25.6 Å². The zero-order valence-electron chi connectivity index (χ0n) is 11.8. The molecule has 1 aromatic carbocycles. The number of nitrogens with one attached hydrogen (secondary N) is 1. The highest BCUT2D eigenvalue weighted by Gasteiger charge is 2.08. The van der Waals surface area contributed by atoms with Crippen LogP contribution in [0.1, 0.15) is 21.6 Å². The SMILES string of the molecule is CS(=O)(=O)c1ccc(CNC(=O)c2ccnc(C#N)c2)cc1. The zero-order valence-corrected chi connectivity index (χ0v) is 12.6. The van der Waals surface area contributed by atoms with Crippen LogP contribution >= 0.6 is 0 Å². The molecule has 0 bridgehead atoms. The van der Waals surface area contributed by atoms with E-state index in [9.17, 15) is 13.2 Å². The van der Waals surface area contributed by atoms with Crippen molar-refractivity contribution in [3.8, 4) is 6.07 Å². The molecule has 0 unspecified atom stereocenters. The van der Waals surface area contributed by atoms with E-state index in [1.807, 2.05) is 6.07 Å². The van der Waals surface area contributed by atoms with Gasteiger partial charge in [0.2, 0.25) is 0 Å². The van der Waals surface area contributed by atoms with E-state index >= 15 is 0 Å². The van der Waals surface area contributed by atoms with Crippen LogP contribution in [0.4, 0.5) is 0 Å². The minimum Gasteiger partial charge on any atom is -0.348 e. The van der Waals surface area contributed by atoms with Crippen molar-refractivity contribution in [2.75, 3.05) is 6.26 Å². The normalized spacial score (nSPS) is 10.7. The summed E-state index contributed by atoms with van der Waals surface area (Å²) in [5, 5.41) is 11.4. The molecule has 0 atom stereocenters. The predicted molar refractivity (Wildman–Crippen MR) is 79.7 cm³/mol. The highest BCUT2D eigenvalue weighted by molar-refractivity contribution is 7.90. The van der Waals surface area contributed by atoms with Crippen molar-refractivity contribution in [3.63, 3.8) is 0 Å². The Morgan fingerprint density at radius 3 is 2.55 bits per heavy atom. The van der Waals surface area contributed by atoms with E-state index in [0.717, 1.165) is 11.8 Å².